The van der Waals surface area contributed by atoms with E-state index in [9.17, 15) is 22.8 Å². The molecule has 0 saturated carbocycles. The minimum absolute atomic E-state index is 0.186. The second-order valence-corrected chi connectivity index (χ2v) is 10.9. The average molecular weight is 501 g/mol. The fourth-order valence-corrected chi connectivity index (χ4v) is 4.22. The van der Waals surface area contributed by atoms with Crippen molar-refractivity contribution in [2.24, 2.45) is 0 Å². The predicted octanol–water partition coefficient (Wildman–Crippen LogP) is 2.76. The molecule has 3 rings (SSSR count). The van der Waals surface area contributed by atoms with Gasteiger partial charge in [-0.15, -0.1) is 0 Å². The van der Waals surface area contributed by atoms with Crippen LogP contribution in [0.5, 0.6) is 5.75 Å². The van der Waals surface area contributed by atoms with Crippen molar-refractivity contribution in [2.75, 3.05) is 23.4 Å². The maximum atomic E-state index is 13.3. The summed E-state index contributed by atoms with van der Waals surface area (Å²) in [5, 5.41) is 2.78. The van der Waals surface area contributed by atoms with Crippen LogP contribution in [0.3, 0.4) is 0 Å². The van der Waals surface area contributed by atoms with Gasteiger partial charge in [0.1, 0.15) is 5.75 Å². The minimum Gasteiger partial charge on any atom is -0.496 e. The molecule has 0 aliphatic heterocycles. The second kappa shape index (κ2) is 9.41. The molecular weight excluding hydrogens is 472 g/mol. The highest BCUT2D eigenvalue weighted by Gasteiger charge is 2.26. The smallest absolute Gasteiger partial charge is 0.333 e. The van der Waals surface area contributed by atoms with Crippen LogP contribution in [0.2, 0.25) is 0 Å². The molecule has 0 spiro atoms. The maximum absolute atomic E-state index is 13.3. The van der Waals surface area contributed by atoms with Crippen LogP contribution < -0.4 is 26.0 Å². The number of sulfonamides is 1. The van der Waals surface area contributed by atoms with E-state index in [0.29, 0.717) is 34.1 Å². The number of H-pyrrole nitrogens is 1. The molecule has 0 saturated heterocycles. The number of amides is 1. The number of hydrogen-bond acceptors (Lipinski definition) is 6. The van der Waals surface area contributed by atoms with E-state index in [4.69, 9.17) is 4.74 Å². The number of carbonyl (C=O) groups excluding carboxylic acids is 1. The van der Waals surface area contributed by atoms with Crippen LogP contribution in [-0.2, 0) is 15.4 Å². The van der Waals surface area contributed by atoms with Crippen LogP contribution in [-0.4, -0.2) is 37.2 Å². The van der Waals surface area contributed by atoms with Gasteiger partial charge in [-0.1, -0.05) is 20.8 Å². The van der Waals surface area contributed by atoms with Gasteiger partial charge in [0, 0.05) is 28.7 Å². The molecule has 3 N–H and O–H groups in total. The molecule has 1 amide bonds. The van der Waals surface area contributed by atoms with Crippen molar-refractivity contribution in [3.8, 4) is 11.4 Å². The van der Waals surface area contributed by atoms with Crippen LogP contribution in [0.4, 0.5) is 11.4 Å². The summed E-state index contributed by atoms with van der Waals surface area (Å²) in [4.78, 5) is 39.9. The Labute approximate surface area is 203 Å². The lowest BCUT2D eigenvalue weighted by atomic mass is 9.84. The van der Waals surface area contributed by atoms with Gasteiger partial charge in [-0.05, 0) is 48.7 Å². The third-order valence-corrected chi connectivity index (χ3v) is 5.77. The summed E-state index contributed by atoms with van der Waals surface area (Å²) in [7, 11) is -1.97. The number of aromatic nitrogens is 2. The van der Waals surface area contributed by atoms with Gasteiger partial charge in [0.2, 0.25) is 10.0 Å². The number of nitrogens with one attached hydrogen (secondary N) is 3. The van der Waals surface area contributed by atoms with Crippen molar-refractivity contribution in [3.63, 3.8) is 0 Å². The summed E-state index contributed by atoms with van der Waals surface area (Å²) >= 11 is 0. The number of aryl methyl sites for hydroxylation is 1. The summed E-state index contributed by atoms with van der Waals surface area (Å²) in [6.45, 7) is 7.48. The lowest BCUT2D eigenvalue weighted by Gasteiger charge is -2.25. The van der Waals surface area contributed by atoms with E-state index < -0.39 is 32.6 Å². The quantitative estimate of drug-likeness (QED) is 0.476. The van der Waals surface area contributed by atoms with Gasteiger partial charge in [0.05, 0.1) is 24.6 Å². The van der Waals surface area contributed by atoms with Crippen molar-refractivity contribution in [3.05, 3.63) is 80.1 Å². The molecule has 0 atom stereocenters. The van der Waals surface area contributed by atoms with Gasteiger partial charge < -0.3 is 10.1 Å². The Morgan fingerprint density at radius 1 is 1.03 bits per heavy atom. The summed E-state index contributed by atoms with van der Waals surface area (Å²) in [5.41, 5.74) is 0.870. The SMILES string of the molecule is COc1c(C(=O)Nc2ccc(NS(C)(=O)=O)cc2)cc(-n2c(C)cc(=O)[nH]c2=O)cc1C(C)(C)C. The van der Waals surface area contributed by atoms with Gasteiger partial charge in [-0.3, -0.25) is 23.9 Å². The first-order chi connectivity index (χ1) is 16.2. The third-order valence-electron chi connectivity index (χ3n) is 5.16. The topological polar surface area (TPSA) is 139 Å². The molecule has 3 aromatic rings. The zero-order valence-corrected chi connectivity index (χ0v) is 21.2. The number of methoxy groups -OCH3 is 1. The molecule has 2 aromatic carbocycles. The van der Waals surface area contributed by atoms with Crippen molar-refractivity contribution in [1.29, 1.82) is 0 Å². The third kappa shape index (κ3) is 5.99. The lowest BCUT2D eigenvalue weighted by molar-refractivity contribution is 0.102. The Balaban J connectivity index is 2.12. The van der Waals surface area contributed by atoms with Crippen molar-refractivity contribution in [1.82, 2.24) is 9.55 Å². The largest absolute Gasteiger partial charge is 0.496 e. The predicted molar refractivity (Wildman–Crippen MR) is 136 cm³/mol. The molecule has 0 aliphatic rings. The van der Waals surface area contributed by atoms with Gasteiger partial charge in [0.15, 0.2) is 0 Å². The zero-order chi connectivity index (χ0) is 26.1. The number of ether oxygens (including phenoxy) is 1. The summed E-state index contributed by atoms with van der Waals surface area (Å²) in [6.07, 6.45) is 1.05. The fraction of sp³-hybridized carbons (Fsp3) is 0.292. The van der Waals surface area contributed by atoms with E-state index in [2.05, 4.69) is 15.0 Å². The highest BCUT2D eigenvalue weighted by atomic mass is 32.2. The minimum atomic E-state index is -3.43. The molecule has 0 bridgehead atoms. The van der Waals surface area contributed by atoms with Crippen LogP contribution in [0, 0.1) is 6.92 Å². The van der Waals surface area contributed by atoms with Crippen molar-refractivity contribution in [2.45, 2.75) is 33.1 Å². The Bertz CT molecular complexity index is 1500. The highest BCUT2D eigenvalue weighted by molar-refractivity contribution is 7.92. The monoisotopic (exact) mass is 500 g/mol. The molecule has 1 heterocycles. The van der Waals surface area contributed by atoms with Gasteiger partial charge in [-0.2, -0.15) is 0 Å². The molecule has 11 heteroatoms. The Morgan fingerprint density at radius 3 is 2.14 bits per heavy atom. The number of carbonyl (C=O) groups is 1. The van der Waals surface area contributed by atoms with E-state index in [-0.39, 0.29) is 5.56 Å². The van der Waals surface area contributed by atoms with Gasteiger partial charge in [0.25, 0.3) is 11.5 Å². The molecule has 0 radical (unpaired) electrons. The number of nitrogens with zero attached hydrogens (tertiary/aromatic N) is 1. The molecule has 0 fully saturated rings. The summed E-state index contributed by atoms with van der Waals surface area (Å²) in [5.74, 6) is -0.141. The molecule has 0 unspecified atom stereocenters. The van der Waals surface area contributed by atoms with E-state index in [1.165, 1.54) is 35.9 Å². The van der Waals surface area contributed by atoms with Crippen LogP contribution in [0.25, 0.3) is 5.69 Å². The van der Waals surface area contributed by atoms with E-state index >= 15 is 0 Å². The number of aromatic amines is 1. The first-order valence-corrected chi connectivity index (χ1v) is 12.5. The Hall–Kier alpha value is -3.86. The number of hydrogen-bond donors (Lipinski definition) is 3. The maximum Gasteiger partial charge on any atom is 0.333 e. The summed E-state index contributed by atoms with van der Waals surface area (Å²) in [6, 6.07) is 10.7. The molecule has 35 heavy (non-hydrogen) atoms. The van der Waals surface area contributed by atoms with E-state index in [1.54, 1.807) is 25.1 Å². The normalized spacial score (nSPS) is 11.7. The van der Waals surface area contributed by atoms with Gasteiger partial charge >= 0.3 is 5.69 Å². The van der Waals surface area contributed by atoms with Crippen LogP contribution in [0.15, 0.2) is 52.1 Å². The Morgan fingerprint density at radius 2 is 1.63 bits per heavy atom. The summed E-state index contributed by atoms with van der Waals surface area (Å²) < 4.78 is 32.1. The molecule has 1 aromatic heterocycles. The number of rotatable bonds is 6. The number of anilines is 2. The van der Waals surface area contributed by atoms with E-state index in [1.807, 2.05) is 20.8 Å². The van der Waals surface area contributed by atoms with Crippen molar-refractivity contribution >= 4 is 27.3 Å². The molecule has 10 nitrogen and oxygen atoms in total. The molecular formula is C24H28N4O6S. The Kier molecular flexibility index (Phi) is 6.93. The second-order valence-electron chi connectivity index (χ2n) is 9.15. The van der Waals surface area contributed by atoms with Crippen LogP contribution in [0.1, 0.15) is 42.4 Å². The first-order valence-electron chi connectivity index (χ1n) is 10.6. The number of benzene rings is 2. The highest BCUT2D eigenvalue weighted by Crippen LogP contribution is 2.36. The standard InChI is InChI=1S/C24H28N4O6S/c1-14-11-20(29)26-23(31)28(14)17-12-18(21(34-5)19(13-17)24(2,3)4)22(30)25-15-7-9-16(10-8-15)27-35(6,32)33/h7-13,27H,1-6H3,(H,25,30)(H,26,29,31). The molecule has 0 aliphatic carbocycles. The average Bonchev–Trinajstić information content (AvgIpc) is 2.72. The lowest BCUT2D eigenvalue weighted by Crippen LogP contribution is -2.30. The van der Waals surface area contributed by atoms with Crippen molar-refractivity contribution < 1.29 is 17.9 Å². The van der Waals surface area contributed by atoms with Crippen LogP contribution >= 0.6 is 0 Å². The fourth-order valence-electron chi connectivity index (χ4n) is 3.66. The first kappa shape index (κ1) is 25.8. The molecule has 186 valence electrons. The zero-order valence-electron chi connectivity index (χ0n) is 20.3. The van der Waals surface area contributed by atoms with Gasteiger partial charge in [-0.25, -0.2) is 13.2 Å². The van der Waals surface area contributed by atoms with E-state index in [0.717, 1.165) is 6.26 Å².